The minimum Gasteiger partial charge on any atom is -0.370 e. The number of nitrogens with zero attached hydrogens (tertiary/aromatic N) is 2. The molecule has 0 amide bonds. The number of hydrogen-bond donors (Lipinski definition) is 1. The van der Waals surface area contributed by atoms with E-state index in [4.69, 9.17) is 5.11 Å². The molecular formula is C5H10N2O. The molecular weight excluding hydrogens is 104 g/mol. The van der Waals surface area contributed by atoms with Crippen molar-refractivity contribution in [3.8, 4) is 0 Å². The van der Waals surface area contributed by atoms with Crippen molar-refractivity contribution in [3.05, 3.63) is 0 Å². The fourth-order valence-electron chi connectivity index (χ4n) is 0.686. The van der Waals surface area contributed by atoms with Crippen LogP contribution >= 0.6 is 0 Å². The molecule has 1 N–H and O–H groups in total. The molecule has 1 rings (SSSR count). The third-order valence-corrected chi connectivity index (χ3v) is 1.21. The molecule has 1 unspecified atom stereocenters. The summed E-state index contributed by atoms with van der Waals surface area (Å²) >= 11 is 0. The van der Waals surface area contributed by atoms with Crippen LogP contribution in [0.4, 0.5) is 0 Å². The van der Waals surface area contributed by atoms with Crippen LogP contribution in [-0.4, -0.2) is 35.7 Å². The van der Waals surface area contributed by atoms with Gasteiger partial charge in [-0.25, -0.2) is 4.99 Å². The first-order chi connectivity index (χ1) is 3.83. The van der Waals surface area contributed by atoms with Crippen LogP contribution in [0.3, 0.4) is 0 Å². The molecule has 0 aliphatic carbocycles. The Labute approximate surface area is 48.6 Å². The van der Waals surface area contributed by atoms with Crippen molar-refractivity contribution in [3.63, 3.8) is 0 Å². The molecule has 1 aliphatic heterocycles. The molecule has 0 saturated heterocycles. The monoisotopic (exact) mass is 114 g/mol. The molecule has 0 fully saturated rings. The third-order valence-electron chi connectivity index (χ3n) is 1.21. The summed E-state index contributed by atoms with van der Waals surface area (Å²) in [6, 6.07) is 0. The van der Waals surface area contributed by atoms with Crippen LogP contribution in [0.2, 0.25) is 0 Å². The lowest BCUT2D eigenvalue weighted by molar-refractivity contribution is 0.173. The number of aliphatic hydroxyl groups excluding tert-OH is 1. The fourth-order valence-corrected chi connectivity index (χ4v) is 0.686. The average molecular weight is 114 g/mol. The SMILES string of the molecule is CCN1C=NC(O)C1. The minimum absolute atomic E-state index is 0.477. The van der Waals surface area contributed by atoms with Gasteiger partial charge in [-0.1, -0.05) is 0 Å². The Kier molecular flexibility index (Phi) is 1.48. The third kappa shape index (κ3) is 0.980. The summed E-state index contributed by atoms with van der Waals surface area (Å²) in [4.78, 5) is 5.71. The van der Waals surface area contributed by atoms with E-state index in [9.17, 15) is 0 Å². The van der Waals surface area contributed by atoms with Gasteiger partial charge in [0.25, 0.3) is 0 Å². The van der Waals surface area contributed by atoms with E-state index >= 15 is 0 Å². The molecule has 1 heterocycles. The van der Waals surface area contributed by atoms with E-state index in [0.29, 0.717) is 6.54 Å². The van der Waals surface area contributed by atoms with Crippen molar-refractivity contribution in [1.29, 1.82) is 0 Å². The molecule has 3 heteroatoms. The van der Waals surface area contributed by atoms with Crippen LogP contribution in [0, 0.1) is 0 Å². The van der Waals surface area contributed by atoms with Crippen LogP contribution in [0.5, 0.6) is 0 Å². The molecule has 0 saturated carbocycles. The summed E-state index contributed by atoms with van der Waals surface area (Å²) in [5, 5.41) is 8.79. The Balaban J connectivity index is 2.34. The molecule has 46 valence electrons. The topological polar surface area (TPSA) is 35.8 Å². The quantitative estimate of drug-likeness (QED) is 0.506. The lowest BCUT2D eigenvalue weighted by Gasteiger charge is -2.09. The number of aliphatic hydroxyl groups is 1. The lowest BCUT2D eigenvalue weighted by atomic mass is 10.5. The maximum absolute atomic E-state index is 8.79. The highest BCUT2D eigenvalue weighted by Crippen LogP contribution is 1.97. The van der Waals surface area contributed by atoms with Crippen molar-refractivity contribution in [2.75, 3.05) is 13.1 Å². The maximum atomic E-state index is 8.79. The van der Waals surface area contributed by atoms with Crippen molar-refractivity contribution in [1.82, 2.24) is 4.90 Å². The highest BCUT2D eigenvalue weighted by Gasteiger charge is 2.10. The van der Waals surface area contributed by atoms with Crippen LogP contribution in [0.15, 0.2) is 4.99 Å². The van der Waals surface area contributed by atoms with Gasteiger partial charge in [-0.3, -0.25) is 0 Å². The van der Waals surface area contributed by atoms with E-state index in [1.807, 2.05) is 11.8 Å². The second kappa shape index (κ2) is 2.13. The van der Waals surface area contributed by atoms with Crippen LogP contribution in [-0.2, 0) is 0 Å². The molecule has 0 radical (unpaired) electrons. The second-order valence-electron chi connectivity index (χ2n) is 1.83. The van der Waals surface area contributed by atoms with Crippen LogP contribution < -0.4 is 0 Å². The van der Waals surface area contributed by atoms with Gasteiger partial charge in [0.2, 0.25) is 0 Å². The fraction of sp³-hybridized carbons (Fsp3) is 0.800. The zero-order chi connectivity index (χ0) is 5.98. The second-order valence-corrected chi connectivity index (χ2v) is 1.83. The predicted molar refractivity (Wildman–Crippen MR) is 31.7 cm³/mol. The van der Waals surface area contributed by atoms with Crippen molar-refractivity contribution < 1.29 is 5.11 Å². The van der Waals surface area contributed by atoms with Gasteiger partial charge < -0.3 is 10.0 Å². The summed E-state index contributed by atoms with van der Waals surface area (Å²) in [6.07, 6.45) is 1.21. The molecule has 0 bridgehead atoms. The van der Waals surface area contributed by atoms with Crippen molar-refractivity contribution in [2.45, 2.75) is 13.2 Å². The van der Waals surface area contributed by atoms with Crippen LogP contribution in [0.25, 0.3) is 0 Å². The Bertz CT molecular complexity index is 103. The molecule has 1 atom stereocenters. The summed E-state index contributed by atoms with van der Waals surface area (Å²) in [6.45, 7) is 3.63. The first-order valence-electron chi connectivity index (χ1n) is 2.78. The van der Waals surface area contributed by atoms with Crippen LogP contribution in [0.1, 0.15) is 6.92 Å². The molecule has 0 aromatic rings. The smallest absolute Gasteiger partial charge is 0.164 e. The predicted octanol–water partition coefficient (Wildman–Crippen LogP) is -0.331. The van der Waals surface area contributed by atoms with E-state index in [1.165, 1.54) is 0 Å². The average Bonchev–Trinajstić information content (AvgIpc) is 2.14. The summed E-state index contributed by atoms with van der Waals surface area (Å²) in [5.74, 6) is 0. The number of aliphatic imine (C=N–C) groups is 1. The highest BCUT2D eigenvalue weighted by molar-refractivity contribution is 5.57. The Morgan fingerprint density at radius 1 is 2.00 bits per heavy atom. The Morgan fingerprint density at radius 2 is 2.75 bits per heavy atom. The van der Waals surface area contributed by atoms with E-state index in [0.717, 1.165) is 6.54 Å². The summed E-state index contributed by atoms with van der Waals surface area (Å²) in [5.41, 5.74) is 0. The Hall–Kier alpha value is -0.570. The summed E-state index contributed by atoms with van der Waals surface area (Å²) < 4.78 is 0. The van der Waals surface area contributed by atoms with E-state index in [-0.39, 0.29) is 0 Å². The van der Waals surface area contributed by atoms with Gasteiger partial charge >= 0.3 is 0 Å². The van der Waals surface area contributed by atoms with Crippen molar-refractivity contribution >= 4 is 6.34 Å². The van der Waals surface area contributed by atoms with Gasteiger partial charge in [0.1, 0.15) is 0 Å². The van der Waals surface area contributed by atoms with E-state index in [1.54, 1.807) is 6.34 Å². The molecule has 0 aromatic carbocycles. The normalized spacial score (nSPS) is 27.2. The van der Waals surface area contributed by atoms with Crippen molar-refractivity contribution in [2.24, 2.45) is 4.99 Å². The van der Waals surface area contributed by atoms with Gasteiger partial charge in [-0.2, -0.15) is 0 Å². The standard InChI is InChI=1S/C5H10N2O/c1-2-7-3-5(8)6-4-7/h4-5,8H,2-3H2,1H3. The minimum atomic E-state index is -0.477. The summed E-state index contributed by atoms with van der Waals surface area (Å²) in [7, 11) is 0. The number of β-amino-alcohol motifs (C(OH)–C–C–N with tert-alkyl or cyclic N) is 1. The van der Waals surface area contributed by atoms with E-state index in [2.05, 4.69) is 4.99 Å². The molecule has 8 heavy (non-hydrogen) atoms. The largest absolute Gasteiger partial charge is 0.370 e. The first kappa shape index (κ1) is 5.56. The highest BCUT2D eigenvalue weighted by atomic mass is 16.3. The van der Waals surface area contributed by atoms with Gasteiger partial charge in [0, 0.05) is 6.54 Å². The molecule has 0 aromatic heterocycles. The molecule has 3 nitrogen and oxygen atoms in total. The maximum Gasteiger partial charge on any atom is 0.164 e. The van der Waals surface area contributed by atoms with Gasteiger partial charge in [-0.15, -0.1) is 0 Å². The number of rotatable bonds is 1. The van der Waals surface area contributed by atoms with E-state index < -0.39 is 6.23 Å². The zero-order valence-corrected chi connectivity index (χ0v) is 4.91. The van der Waals surface area contributed by atoms with Gasteiger partial charge in [0.15, 0.2) is 6.23 Å². The van der Waals surface area contributed by atoms with Gasteiger partial charge in [-0.05, 0) is 6.92 Å². The number of likely N-dealkylation sites (N-methyl/N-ethyl adjacent to an activating group) is 1. The zero-order valence-electron chi connectivity index (χ0n) is 4.91. The lowest BCUT2D eigenvalue weighted by Crippen LogP contribution is -2.22. The molecule has 0 spiro atoms. The number of hydrogen-bond acceptors (Lipinski definition) is 3. The first-order valence-corrected chi connectivity index (χ1v) is 2.78. The molecule has 1 aliphatic rings. The van der Waals surface area contributed by atoms with Gasteiger partial charge in [0.05, 0.1) is 12.9 Å². The Morgan fingerprint density at radius 3 is 3.00 bits per heavy atom.